The number of hydrogen-bond donors (Lipinski definition) is 0. The monoisotopic (exact) mass is 269 g/mol. The Labute approximate surface area is 120 Å². The maximum atomic E-state index is 13.0. The summed E-state index contributed by atoms with van der Waals surface area (Å²) in [5.74, 6) is -0.238. The van der Waals surface area contributed by atoms with Crippen LogP contribution < -0.4 is 0 Å². The fraction of sp³-hybridized carbons (Fsp3) is 0.167. The molecule has 1 nitrogen and oxygen atoms in total. The number of rotatable bonds is 5. The highest BCUT2D eigenvalue weighted by molar-refractivity contribution is 6.04. The fourth-order valence-corrected chi connectivity index (χ4v) is 1.87. The Kier molecular flexibility index (Phi) is 5.85. The molecule has 0 aliphatic rings. The lowest BCUT2D eigenvalue weighted by atomic mass is 9.97. The van der Waals surface area contributed by atoms with Crippen molar-refractivity contribution in [1.29, 1.82) is 0 Å². The predicted octanol–water partition coefficient (Wildman–Crippen LogP) is 5.34. The largest absolute Gasteiger partial charge is 0.262 e. The molecule has 0 spiro atoms. The lowest BCUT2D eigenvalue weighted by Gasteiger charge is -2.09. The Hall–Kier alpha value is -2.22. The number of hydrogen-bond acceptors (Lipinski definition) is 1. The summed E-state index contributed by atoms with van der Waals surface area (Å²) in [7, 11) is 0. The van der Waals surface area contributed by atoms with E-state index in [1.54, 1.807) is 12.1 Å². The van der Waals surface area contributed by atoms with E-state index in [0.717, 1.165) is 28.0 Å². The Balaban J connectivity index is 3.26. The van der Waals surface area contributed by atoms with Gasteiger partial charge in [-0.25, -0.2) is 4.39 Å². The number of aliphatic imine (C=N–C) groups is 1. The molecule has 0 aromatic heterocycles. The van der Waals surface area contributed by atoms with Crippen molar-refractivity contribution in [2.24, 2.45) is 4.99 Å². The zero-order valence-electron chi connectivity index (χ0n) is 12.3. The van der Waals surface area contributed by atoms with Gasteiger partial charge in [-0.3, -0.25) is 4.99 Å². The average molecular weight is 269 g/mol. The van der Waals surface area contributed by atoms with Crippen molar-refractivity contribution >= 4 is 11.3 Å². The standard InChI is InChI=1S/C18H20FN/c1-6-15(16-8-10-17(19)11-9-16)12-18(13(3)4)14(5)20-7-2/h6-12H,2-3H2,1,4-5H3/b15-6+,18-12+,20-14?. The average Bonchev–Trinajstić information content (AvgIpc) is 2.41. The summed E-state index contributed by atoms with van der Waals surface area (Å²) in [5.41, 5.74) is 4.70. The van der Waals surface area contributed by atoms with Gasteiger partial charge < -0.3 is 0 Å². The van der Waals surface area contributed by atoms with Gasteiger partial charge in [-0.2, -0.15) is 0 Å². The molecule has 1 aromatic carbocycles. The van der Waals surface area contributed by atoms with Gasteiger partial charge in [-0.15, -0.1) is 0 Å². The molecule has 0 atom stereocenters. The molecule has 0 fully saturated rings. The first kappa shape index (κ1) is 15.8. The van der Waals surface area contributed by atoms with Gasteiger partial charge in [0.2, 0.25) is 0 Å². The second kappa shape index (κ2) is 7.39. The molecule has 0 radical (unpaired) electrons. The van der Waals surface area contributed by atoms with Crippen LogP contribution in [-0.2, 0) is 0 Å². The van der Waals surface area contributed by atoms with Gasteiger partial charge in [0.05, 0.1) is 0 Å². The molecule has 0 N–H and O–H groups in total. The van der Waals surface area contributed by atoms with Gasteiger partial charge in [0, 0.05) is 11.9 Å². The van der Waals surface area contributed by atoms with Gasteiger partial charge in [-0.1, -0.05) is 31.4 Å². The van der Waals surface area contributed by atoms with Crippen molar-refractivity contribution in [3.8, 4) is 0 Å². The first-order chi connectivity index (χ1) is 9.49. The van der Waals surface area contributed by atoms with E-state index in [-0.39, 0.29) is 5.82 Å². The summed E-state index contributed by atoms with van der Waals surface area (Å²) in [4.78, 5) is 4.21. The van der Waals surface area contributed by atoms with E-state index >= 15 is 0 Å². The summed E-state index contributed by atoms with van der Waals surface area (Å²) in [6.07, 6.45) is 5.51. The SMILES string of the molecule is C=CN=C(C)/C(=C/C(=C\C)c1ccc(F)cc1)C(=C)C. The Morgan fingerprint density at radius 2 is 1.80 bits per heavy atom. The highest BCUT2D eigenvalue weighted by Gasteiger charge is 2.05. The Morgan fingerprint density at radius 3 is 2.25 bits per heavy atom. The third-order valence-electron chi connectivity index (χ3n) is 2.92. The van der Waals surface area contributed by atoms with Gasteiger partial charge in [0.25, 0.3) is 0 Å². The molecule has 0 saturated carbocycles. The minimum atomic E-state index is -0.238. The second-order valence-corrected chi connectivity index (χ2v) is 4.49. The van der Waals surface area contributed by atoms with Crippen LogP contribution in [0.2, 0.25) is 0 Å². The van der Waals surface area contributed by atoms with Crippen LogP contribution in [0.15, 0.2) is 71.9 Å². The van der Waals surface area contributed by atoms with Gasteiger partial charge in [0.15, 0.2) is 0 Å². The maximum Gasteiger partial charge on any atom is 0.123 e. The van der Waals surface area contributed by atoms with Crippen LogP contribution in [0.25, 0.3) is 5.57 Å². The zero-order chi connectivity index (χ0) is 15.1. The molecule has 1 aromatic rings. The van der Waals surface area contributed by atoms with Crippen LogP contribution in [-0.4, -0.2) is 5.71 Å². The normalized spacial score (nSPS) is 13.3. The number of nitrogens with zero attached hydrogens (tertiary/aromatic N) is 1. The summed E-state index contributed by atoms with van der Waals surface area (Å²) in [6, 6.07) is 6.43. The van der Waals surface area contributed by atoms with Gasteiger partial charge >= 0.3 is 0 Å². The molecule has 104 valence electrons. The van der Waals surface area contributed by atoms with Crippen molar-refractivity contribution in [2.45, 2.75) is 20.8 Å². The van der Waals surface area contributed by atoms with E-state index in [4.69, 9.17) is 0 Å². The number of halogens is 1. The Morgan fingerprint density at radius 1 is 1.20 bits per heavy atom. The molecule has 0 unspecified atom stereocenters. The molecular weight excluding hydrogens is 249 g/mol. The lowest BCUT2D eigenvalue weighted by Crippen LogP contribution is -1.99. The van der Waals surface area contributed by atoms with Crippen molar-refractivity contribution in [3.63, 3.8) is 0 Å². The first-order valence-corrected chi connectivity index (χ1v) is 6.45. The van der Waals surface area contributed by atoms with E-state index in [0.29, 0.717) is 0 Å². The fourth-order valence-electron chi connectivity index (χ4n) is 1.87. The maximum absolute atomic E-state index is 13.0. The van der Waals surface area contributed by atoms with Crippen LogP contribution in [0, 0.1) is 5.82 Å². The van der Waals surface area contributed by atoms with Crippen LogP contribution >= 0.6 is 0 Å². The molecule has 0 aliphatic carbocycles. The van der Waals surface area contributed by atoms with Crippen LogP contribution in [0.3, 0.4) is 0 Å². The van der Waals surface area contributed by atoms with Gasteiger partial charge in [0.1, 0.15) is 5.82 Å². The summed E-state index contributed by atoms with van der Waals surface area (Å²) < 4.78 is 13.0. The molecule has 20 heavy (non-hydrogen) atoms. The number of allylic oxidation sites excluding steroid dienone is 5. The smallest absolute Gasteiger partial charge is 0.123 e. The molecule has 0 amide bonds. The first-order valence-electron chi connectivity index (χ1n) is 6.45. The molecule has 0 bridgehead atoms. The van der Waals surface area contributed by atoms with Crippen molar-refractivity contribution in [2.75, 3.05) is 0 Å². The summed E-state index contributed by atoms with van der Waals surface area (Å²) in [6.45, 7) is 13.4. The minimum Gasteiger partial charge on any atom is -0.262 e. The van der Waals surface area contributed by atoms with Gasteiger partial charge in [-0.05, 0) is 61.3 Å². The van der Waals surface area contributed by atoms with E-state index in [9.17, 15) is 4.39 Å². The zero-order valence-corrected chi connectivity index (χ0v) is 12.3. The predicted molar refractivity (Wildman–Crippen MR) is 86.3 cm³/mol. The van der Waals surface area contributed by atoms with Crippen molar-refractivity contribution in [3.05, 3.63) is 78.3 Å². The highest BCUT2D eigenvalue weighted by atomic mass is 19.1. The summed E-state index contributed by atoms with van der Waals surface area (Å²) >= 11 is 0. The minimum absolute atomic E-state index is 0.238. The van der Waals surface area contributed by atoms with E-state index in [1.165, 1.54) is 18.3 Å². The van der Waals surface area contributed by atoms with E-state index < -0.39 is 0 Å². The molecule has 2 heteroatoms. The molecule has 1 rings (SSSR count). The van der Waals surface area contributed by atoms with Crippen LogP contribution in [0.5, 0.6) is 0 Å². The highest BCUT2D eigenvalue weighted by Crippen LogP contribution is 2.21. The van der Waals surface area contributed by atoms with E-state index in [2.05, 4.69) is 18.2 Å². The third-order valence-corrected chi connectivity index (χ3v) is 2.92. The van der Waals surface area contributed by atoms with E-state index in [1.807, 2.05) is 32.9 Å². The molecule has 0 heterocycles. The summed E-state index contributed by atoms with van der Waals surface area (Å²) in [5, 5.41) is 0. The topological polar surface area (TPSA) is 12.4 Å². The third kappa shape index (κ3) is 4.16. The Bertz CT molecular complexity index is 586. The van der Waals surface area contributed by atoms with Crippen LogP contribution in [0.1, 0.15) is 26.3 Å². The molecule has 0 aliphatic heterocycles. The van der Waals surface area contributed by atoms with Crippen LogP contribution in [0.4, 0.5) is 4.39 Å². The van der Waals surface area contributed by atoms with Crippen molar-refractivity contribution < 1.29 is 4.39 Å². The second-order valence-electron chi connectivity index (χ2n) is 4.49. The number of benzene rings is 1. The lowest BCUT2D eigenvalue weighted by molar-refractivity contribution is 0.627. The molecule has 0 saturated heterocycles. The molecular formula is C18H20FN. The van der Waals surface area contributed by atoms with Crippen molar-refractivity contribution in [1.82, 2.24) is 0 Å². The quantitative estimate of drug-likeness (QED) is 0.505.